The van der Waals surface area contributed by atoms with Gasteiger partial charge in [0.05, 0.1) is 0 Å². The highest BCUT2D eigenvalue weighted by molar-refractivity contribution is 9.10. The fraction of sp³-hybridized carbons (Fsp3) is 0.0769. The Hall–Kier alpha value is -1.36. The van der Waals surface area contributed by atoms with Crippen molar-refractivity contribution in [1.29, 1.82) is 0 Å². The van der Waals surface area contributed by atoms with Crippen LogP contribution in [0.4, 0.5) is 5.69 Å². The van der Waals surface area contributed by atoms with Gasteiger partial charge < -0.3 is 10.5 Å². The third-order valence-electron chi connectivity index (χ3n) is 2.33. The molecule has 4 heteroatoms. The summed E-state index contributed by atoms with van der Waals surface area (Å²) < 4.78 is 0.870. The van der Waals surface area contributed by atoms with Crippen LogP contribution < -0.4 is 10.9 Å². The highest BCUT2D eigenvalue weighted by Crippen LogP contribution is 2.21. The van der Waals surface area contributed by atoms with Crippen molar-refractivity contribution < 1.29 is 5.11 Å². The summed E-state index contributed by atoms with van der Waals surface area (Å²) in [6, 6.07) is 17.2. The van der Waals surface area contributed by atoms with Gasteiger partial charge in [-0.2, -0.15) is 0 Å². The van der Waals surface area contributed by atoms with Crippen molar-refractivity contribution in [2.24, 2.45) is 0 Å². The summed E-state index contributed by atoms with van der Waals surface area (Å²) in [7, 11) is 0. The number of benzene rings is 2. The number of halogens is 1. The molecule has 2 aromatic carbocycles. The molecule has 0 bridgehead atoms. The number of para-hydroxylation sites is 1. The second kappa shape index (κ2) is 5.82. The van der Waals surface area contributed by atoms with E-state index in [1.165, 1.54) is 0 Å². The van der Waals surface area contributed by atoms with Gasteiger partial charge in [-0.15, -0.1) is 0 Å². The SMILES string of the molecule is OC(NNc1ccccc1)c1ccccc1Br. The van der Waals surface area contributed by atoms with Gasteiger partial charge >= 0.3 is 0 Å². The number of hydrogen-bond donors (Lipinski definition) is 3. The first-order valence-corrected chi connectivity index (χ1v) is 6.06. The lowest BCUT2D eigenvalue weighted by molar-refractivity contribution is 0.148. The van der Waals surface area contributed by atoms with Crippen molar-refractivity contribution in [3.05, 3.63) is 64.6 Å². The summed E-state index contributed by atoms with van der Waals surface area (Å²) in [5.41, 5.74) is 7.47. The van der Waals surface area contributed by atoms with Gasteiger partial charge in [-0.3, -0.25) is 0 Å². The Morgan fingerprint density at radius 1 is 0.941 bits per heavy atom. The van der Waals surface area contributed by atoms with E-state index < -0.39 is 6.23 Å². The minimum atomic E-state index is -0.772. The third-order valence-corrected chi connectivity index (χ3v) is 3.05. The molecular formula is C13H13BrN2O. The molecule has 17 heavy (non-hydrogen) atoms. The summed E-state index contributed by atoms with van der Waals surface area (Å²) in [4.78, 5) is 0. The Morgan fingerprint density at radius 3 is 2.29 bits per heavy atom. The zero-order valence-corrected chi connectivity index (χ0v) is 10.7. The standard InChI is InChI=1S/C13H13BrN2O/c14-12-9-5-4-8-11(12)13(17)16-15-10-6-2-1-3-7-10/h1-9,13,15-17H. The molecule has 0 radical (unpaired) electrons. The fourth-order valence-corrected chi connectivity index (χ4v) is 1.95. The Labute approximate surface area is 109 Å². The van der Waals surface area contributed by atoms with E-state index in [0.717, 1.165) is 15.7 Å². The van der Waals surface area contributed by atoms with Crippen molar-refractivity contribution in [3.8, 4) is 0 Å². The van der Waals surface area contributed by atoms with Gasteiger partial charge in [0, 0.05) is 15.7 Å². The normalized spacial score (nSPS) is 12.1. The molecule has 0 saturated heterocycles. The number of nitrogens with one attached hydrogen (secondary N) is 2. The fourth-order valence-electron chi connectivity index (χ4n) is 1.45. The van der Waals surface area contributed by atoms with Crippen LogP contribution in [0.25, 0.3) is 0 Å². The molecule has 0 aromatic heterocycles. The quantitative estimate of drug-likeness (QED) is 0.599. The summed E-state index contributed by atoms with van der Waals surface area (Å²) in [5.74, 6) is 0. The Balaban J connectivity index is 1.99. The highest BCUT2D eigenvalue weighted by Gasteiger charge is 2.09. The van der Waals surface area contributed by atoms with E-state index >= 15 is 0 Å². The molecule has 0 fully saturated rings. The summed E-state index contributed by atoms with van der Waals surface area (Å²) in [6.45, 7) is 0. The van der Waals surface area contributed by atoms with E-state index in [2.05, 4.69) is 26.8 Å². The predicted molar refractivity (Wildman–Crippen MR) is 72.3 cm³/mol. The first kappa shape index (κ1) is 12.1. The van der Waals surface area contributed by atoms with E-state index in [9.17, 15) is 5.11 Å². The Morgan fingerprint density at radius 2 is 1.59 bits per heavy atom. The molecular weight excluding hydrogens is 280 g/mol. The molecule has 0 spiro atoms. The van der Waals surface area contributed by atoms with Crippen molar-refractivity contribution in [2.45, 2.75) is 6.23 Å². The first-order valence-electron chi connectivity index (χ1n) is 5.26. The molecule has 3 nitrogen and oxygen atoms in total. The topological polar surface area (TPSA) is 44.3 Å². The maximum Gasteiger partial charge on any atom is 0.148 e. The zero-order valence-electron chi connectivity index (χ0n) is 9.10. The number of hydrogen-bond acceptors (Lipinski definition) is 3. The Kier molecular flexibility index (Phi) is 4.14. The van der Waals surface area contributed by atoms with E-state index in [0.29, 0.717) is 0 Å². The second-order valence-corrected chi connectivity index (χ2v) is 4.41. The van der Waals surface area contributed by atoms with Crippen LogP contribution in [0.1, 0.15) is 11.8 Å². The monoisotopic (exact) mass is 292 g/mol. The molecule has 1 unspecified atom stereocenters. The predicted octanol–water partition coefficient (Wildman–Crippen LogP) is 3.06. The van der Waals surface area contributed by atoms with Crippen LogP contribution in [0.2, 0.25) is 0 Å². The van der Waals surface area contributed by atoms with E-state index in [4.69, 9.17) is 0 Å². The minimum absolute atomic E-state index is 0.772. The number of aliphatic hydroxyl groups excluding tert-OH is 1. The molecule has 0 aliphatic heterocycles. The maximum atomic E-state index is 9.96. The summed E-state index contributed by atoms with van der Waals surface area (Å²) >= 11 is 3.40. The lowest BCUT2D eigenvalue weighted by atomic mass is 10.2. The Bertz CT molecular complexity index is 476. The van der Waals surface area contributed by atoms with Crippen molar-refractivity contribution >= 4 is 21.6 Å². The van der Waals surface area contributed by atoms with Gasteiger partial charge in [0.1, 0.15) is 6.23 Å². The van der Waals surface area contributed by atoms with Crippen LogP contribution in [0.5, 0.6) is 0 Å². The lowest BCUT2D eigenvalue weighted by Gasteiger charge is -2.16. The number of aliphatic hydroxyl groups is 1. The molecule has 0 amide bonds. The van der Waals surface area contributed by atoms with Crippen LogP contribution in [0, 0.1) is 0 Å². The lowest BCUT2D eigenvalue weighted by Crippen LogP contribution is -2.27. The average molecular weight is 293 g/mol. The molecule has 3 N–H and O–H groups in total. The van der Waals surface area contributed by atoms with Crippen molar-refractivity contribution in [3.63, 3.8) is 0 Å². The number of rotatable bonds is 4. The van der Waals surface area contributed by atoms with Crippen LogP contribution >= 0.6 is 15.9 Å². The van der Waals surface area contributed by atoms with Crippen molar-refractivity contribution in [2.75, 3.05) is 5.43 Å². The van der Waals surface area contributed by atoms with E-state index in [1.807, 2.05) is 54.6 Å². The molecule has 2 rings (SSSR count). The molecule has 0 aliphatic carbocycles. The molecule has 0 heterocycles. The van der Waals surface area contributed by atoms with Gasteiger partial charge in [0.2, 0.25) is 0 Å². The number of anilines is 1. The minimum Gasteiger partial charge on any atom is -0.373 e. The largest absolute Gasteiger partial charge is 0.373 e. The molecule has 1 atom stereocenters. The van der Waals surface area contributed by atoms with Crippen molar-refractivity contribution in [1.82, 2.24) is 5.43 Å². The van der Waals surface area contributed by atoms with Gasteiger partial charge in [0.25, 0.3) is 0 Å². The number of hydrazine groups is 1. The molecule has 88 valence electrons. The van der Waals surface area contributed by atoms with Gasteiger partial charge in [-0.25, -0.2) is 5.43 Å². The van der Waals surface area contributed by atoms with Crippen LogP contribution in [-0.4, -0.2) is 5.11 Å². The maximum absolute atomic E-state index is 9.96. The highest BCUT2D eigenvalue weighted by atomic mass is 79.9. The average Bonchev–Trinajstić information content (AvgIpc) is 2.38. The van der Waals surface area contributed by atoms with Gasteiger partial charge in [0.15, 0.2) is 0 Å². The summed E-state index contributed by atoms with van der Waals surface area (Å²) in [5, 5.41) is 9.96. The molecule has 0 aliphatic rings. The van der Waals surface area contributed by atoms with Gasteiger partial charge in [-0.1, -0.05) is 52.3 Å². The smallest absolute Gasteiger partial charge is 0.148 e. The third kappa shape index (κ3) is 3.30. The van der Waals surface area contributed by atoms with Crippen LogP contribution in [0.3, 0.4) is 0 Å². The van der Waals surface area contributed by atoms with E-state index in [1.54, 1.807) is 0 Å². The second-order valence-electron chi connectivity index (χ2n) is 3.56. The summed E-state index contributed by atoms with van der Waals surface area (Å²) in [6.07, 6.45) is -0.772. The first-order chi connectivity index (χ1) is 8.27. The van der Waals surface area contributed by atoms with Crippen LogP contribution in [0.15, 0.2) is 59.1 Å². The van der Waals surface area contributed by atoms with Gasteiger partial charge in [-0.05, 0) is 18.2 Å². The van der Waals surface area contributed by atoms with Crippen LogP contribution in [-0.2, 0) is 0 Å². The molecule has 0 saturated carbocycles. The zero-order chi connectivity index (χ0) is 12.1. The van der Waals surface area contributed by atoms with E-state index in [-0.39, 0.29) is 0 Å². The molecule has 2 aromatic rings.